The SMILES string of the molecule is Cc1cccc(C=C2NC(=S)N(c3ccccc3)C2=O)c1. The zero-order valence-corrected chi connectivity index (χ0v) is 12.4. The van der Waals surface area contributed by atoms with Crippen LogP contribution in [-0.4, -0.2) is 11.0 Å². The van der Waals surface area contributed by atoms with E-state index in [-0.39, 0.29) is 5.91 Å². The van der Waals surface area contributed by atoms with E-state index in [9.17, 15) is 4.79 Å². The summed E-state index contributed by atoms with van der Waals surface area (Å²) in [5.41, 5.74) is 3.39. The predicted octanol–water partition coefficient (Wildman–Crippen LogP) is 3.26. The number of para-hydroxylation sites is 1. The summed E-state index contributed by atoms with van der Waals surface area (Å²) in [6.07, 6.45) is 1.82. The molecule has 0 aromatic heterocycles. The van der Waals surface area contributed by atoms with Gasteiger partial charge in [-0.2, -0.15) is 0 Å². The first-order chi connectivity index (χ1) is 10.1. The van der Waals surface area contributed by atoms with Gasteiger partial charge >= 0.3 is 0 Å². The van der Waals surface area contributed by atoms with E-state index < -0.39 is 0 Å². The van der Waals surface area contributed by atoms with E-state index in [2.05, 4.69) is 5.32 Å². The van der Waals surface area contributed by atoms with E-state index in [1.54, 1.807) is 0 Å². The Morgan fingerprint density at radius 1 is 1.10 bits per heavy atom. The van der Waals surface area contributed by atoms with Crippen LogP contribution in [0.25, 0.3) is 6.08 Å². The number of amides is 1. The summed E-state index contributed by atoms with van der Waals surface area (Å²) in [5, 5.41) is 3.40. The maximum absolute atomic E-state index is 12.5. The summed E-state index contributed by atoms with van der Waals surface area (Å²) in [5.74, 6) is -0.132. The zero-order valence-electron chi connectivity index (χ0n) is 11.5. The molecule has 0 spiro atoms. The molecule has 2 aromatic carbocycles. The number of carbonyl (C=O) groups excluding carboxylic acids is 1. The van der Waals surface area contributed by atoms with Gasteiger partial charge in [0.05, 0.1) is 5.69 Å². The van der Waals surface area contributed by atoms with Crippen molar-refractivity contribution in [3.05, 3.63) is 71.4 Å². The Bertz CT molecular complexity index is 737. The Hall–Kier alpha value is -2.46. The maximum Gasteiger partial charge on any atom is 0.281 e. The van der Waals surface area contributed by atoms with Gasteiger partial charge in [-0.1, -0.05) is 48.0 Å². The Kier molecular flexibility index (Phi) is 3.54. The lowest BCUT2D eigenvalue weighted by Gasteiger charge is -2.13. The molecule has 1 heterocycles. The Balaban J connectivity index is 1.94. The van der Waals surface area contributed by atoms with Crippen LogP contribution < -0.4 is 10.2 Å². The first kappa shape index (κ1) is 13.5. The van der Waals surface area contributed by atoms with Gasteiger partial charge in [0.25, 0.3) is 5.91 Å². The molecule has 21 heavy (non-hydrogen) atoms. The van der Waals surface area contributed by atoms with Gasteiger partial charge in [0.2, 0.25) is 0 Å². The van der Waals surface area contributed by atoms with Gasteiger partial charge in [-0.15, -0.1) is 0 Å². The molecule has 1 aliphatic heterocycles. The molecule has 3 nitrogen and oxygen atoms in total. The van der Waals surface area contributed by atoms with Crippen LogP contribution in [0, 0.1) is 6.92 Å². The van der Waals surface area contributed by atoms with Crippen molar-refractivity contribution < 1.29 is 4.79 Å². The molecule has 104 valence electrons. The number of rotatable bonds is 2. The number of anilines is 1. The van der Waals surface area contributed by atoms with Crippen LogP contribution in [0.15, 0.2) is 60.3 Å². The smallest absolute Gasteiger partial charge is 0.281 e. The van der Waals surface area contributed by atoms with Crippen LogP contribution >= 0.6 is 12.2 Å². The fourth-order valence-corrected chi connectivity index (χ4v) is 2.57. The molecule has 4 heteroatoms. The molecule has 0 unspecified atom stereocenters. The van der Waals surface area contributed by atoms with Gasteiger partial charge in [0, 0.05) is 0 Å². The van der Waals surface area contributed by atoms with E-state index in [1.165, 1.54) is 4.90 Å². The minimum absolute atomic E-state index is 0.132. The summed E-state index contributed by atoms with van der Waals surface area (Å²) in [7, 11) is 0. The first-order valence-electron chi connectivity index (χ1n) is 6.64. The van der Waals surface area contributed by atoms with Gasteiger partial charge < -0.3 is 5.32 Å². The monoisotopic (exact) mass is 294 g/mol. The highest BCUT2D eigenvalue weighted by atomic mass is 32.1. The Labute approximate surface area is 128 Å². The van der Waals surface area contributed by atoms with E-state index in [0.717, 1.165) is 16.8 Å². The van der Waals surface area contributed by atoms with Crippen molar-refractivity contribution in [3.63, 3.8) is 0 Å². The topological polar surface area (TPSA) is 32.3 Å². The molecule has 0 bridgehead atoms. The van der Waals surface area contributed by atoms with Crippen LogP contribution in [0.3, 0.4) is 0 Å². The van der Waals surface area contributed by atoms with E-state index in [1.807, 2.05) is 67.6 Å². The molecule has 3 rings (SSSR count). The third kappa shape index (κ3) is 2.71. The molecule has 1 N–H and O–H groups in total. The van der Waals surface area contributed by atoms with Crippen molar-refractivity contribution in [2.24, 2.45) is 0 Å². The molecule has 1 saturated heterocycles. The summed E-state index contributed by atoms with van der Waals surface area (Å²) in [4.78, 5) is 14.0. The lowest BCUT2D eigenvalue weighted by molar-refractivity contribution is -0.113. The molecule has 0 aliphatic carbocycles. The number of hydrogen-bond donors (Lipinski definition) is 1. The molecule has 1 aliphatic rings. The van der Waals surface area contributed by atoms with Gasteiger partial charge in [-0.3, -0.25) is 9.69 Å². The number of thiocarbonyl (C=S) groups is 1. The molecular weight excluding hydrogens is 280 g/mol. The molecule has 0 radical (unpaired) electrons. The van der Waals surface area contributed by atoms with Gasteiger partial charge in [0.15, 0.2) is 5.11 Å². The van der Waals surface area contributed by atoms with Crippen LogP contribution in [0.1, 0.15) is 11.1 Å². The third-order valence-electron chi connectivity index (χ3n) is 3.25. The fourth-order valence-electron chi connectivity index (χ4n) is 2.27. The average molecular weight is 294 g/mol. The van der Waals surface area contributed by atoms with Gasteiger partial charge in [-0.05, 0) is 42.9 Å². The lowest BCUT2D eigenvalue weighted by atomic mass is 10.1. The number of hydrogen-bond acceptors (Lipinski definition) is 2. The highest BCUT2D eigenvalue weighted by molar-refractivity contribution is 7.80. The average Bonchev–Trinajstić information content (AvgIpc) is 2.74. The van der Waals surface area contributed by atoms with Crippen LogP contribution in [-0.2, 0) is 4.79 Å². The van der Waals surface area contributed by atoms with Crippen molar-refractivity contribution >= 4 is 35.0 Å². The fraction of sp³-hybridized carbons (Fsp3) is 0.0588. The summed E-state index contributed by atoms with van der Waals surface area (Å²) in [6, 6.07) is 17.4. The minimum atomic E-state index is -0.132. The number of aryl methyl sites for hydroxylation is 1. The third-order valence-corrected chi connectivity index (χ3v) is 3.53. The predicted molar refractivity (Wildman–Crippen MR) is 88.8 cm³/mol. The largest absolute Gasteiger partial charge is 0.327 e. The van der Waals surface area contributed by atoms with Crippen LogP contribution in [0.5, 0.6) is 0 Å². The van der Waals surface area contributed by atoms with E-state index in [4.69, 9.17) is 12.2 Å². The van der Waals surface area contributed by atoms with E-state index >= 15 is 0 Å². The second-order valence-electron chi connectivity index (χ2n) is 4.88. The zero-order chi connectivity index (χ0) is 14.8. The second-order valence-corrected chi connectivity index (χ2v) is 5.27. The molecular formula is C17H14N2OS. The number of benzene rings is 2. The Morgan fingerprint density at radius 2 is 1.86 bits per heavy atom. The van der Waals surface area contributed by atoms with Crippen LogP contribution in [0.4, 0.5) is 5.69 Å². The van der Waals surface area contributed by atoms with Crippen molar-refractivity contribution in [1.82, 2.24) is 5.32 Å². The standard InChI is InChI=1S/C17H14N2OS/c1-12-6-5-7-13(10-12)11-15-16(20)19(17(21)18-15)14-8-3-2-4-9-14/h2-11H,1H3,(H,18,21). The quantitative estimate of drug-likeness (QED) is 0.681. The maximum atomic E-state index is 12.5. The van der Waals surface area contributed by atoms with Crippen molar-refractivity contribution in [2.45, 2.75) is 6.92 Å². The first-order valence-corrected chi connectivity index (χ1v) is 7.05. The van der Waals surface area contributed by atoms with Crippen molar-refractivity contribution in [2.75, 3.05) is 4.90 Å². The summed E-state index contributed by atoms with van der Waals surface area (Å²) >= 11 is 5.27. The summed E-state index contributed by atoms with van der Waals surface area (Å²) < 4.78 is 0. The normalized spacial score (nSPS) is 16.4. The second kappa shape index (κ2) is 5.50. The molecule has 0 saturated carbocycles. The lowest BCUT2D eigenvalue weighted by Crippen LogP contribution is -2.30. The van der Waals surface area contributed by atoms with Gasteiger partial charge in [0.1, 0.15) is 5.70 Å². The molecule has 0 atom stereocenters. The Morgan fingerprint density at radius 3 is 2.57 bits per heavy atom. The molecule has 2 aromatic rings. The van der Waals surface area contributed by atoms with Crippen LogP contribution in [0.2, 0.25) is 0 Å². The highest BCUT2D eigenvalue weighted by Crippen LogP contribution is 2.22. The van der Waals surface area contributed by atoms with E-state index in [0.29, 0.717) is 10.8 Å². The van der Waals surface area contributed by atoms with Crippen molar-refractivity contribution in [1.29, 1.82) is 0 Å². The van der Waals surface area contributed by atoms with Crippen molar-refractivity contribution in [3.8, 4) is 0 Å². The number of carbonyl (C=O) groups is 1. The number of nitrogens with zero attached hydrogens (tertiary/aromatic N) is 1. The minimum Gasteiger partial charge on any atom is -0.327 e. The molecule has 1 amide bonds. The molecule has 1 fully saturated rings. The van der Waals surface area contributed by atoms with Gasteiger partial charge in [-0.25, -0.2) is 0 Å². The highest BCUT2D eigenvalue weighted by Gasteiger charge is 2.31. The summed E-state index contributed by atoms with van der Waals surface area (Å²) in [6.45, 7) is 2.02. The number of nitrogens with one attached hydrogen (secondary N) is 1.